The first kappa shape index (κ1) is 24.8. The Kier molecular flexibility index (Phi) is 7.39. The van der Waals surface area contributed by atoms with Crippen molar-refractivity contribution in [2.24, 2.45) is 0 Å². The molecule has 4 heteroatoms. The molecule has 0 radical (unpaired) electrons. The first-order valence-electron chi connectivity index (χ1n) is 11.5. The molecule has 0 unspecified atom stereocenters. The summed E-state index contributed by atoms with van der Waals surface area (Å²) in [6.07, 6.45) is 4.72. The van der Waals surface area contributed by atoms with Gasteiger partial charge in [-0.15, -0.1) is 0 Å². The zero-order valence-electron chi connectivity index (χ0n) is 21.1. The van der Waals surface area contributed by atoms with E-state index in [0.717, 1.165) is 0 Å². The Balaban J connectivity index is 1.91. The molecule has 0 saturated carbocycles. The molecule has 1 aliphatic rings. The normalized spacial score (nSPS) is 14.1. The van der Waals surface area contributed by atoms with Crippen molar-refractivity contribution >= 4 is 51.0 Å². The van der Waals surface area contributed by atoms with Gasteiger partial charge in [0.05, 0.1) is 0 Å². The Labute approximate surface area is 215 Å². The summed E-state index contributed by atoms with van der Waals surface area (Å²) in [5.41, 5.74) is 11.3. The maximum absolute atomic E-state index is 7.38. The second-order valence-electron chi connectivity index (χ2n) is 9.39. The molecule has 34 heavy (non-hydrogen) atoms. The van der Waals surface area contributed by atoms with E-state index >= 15 is 0 Å². The van der Waals surface area contributed by atoms with Crippen LogP contribution >= 0.6 is 8.96 Å². The van der Waals surface area contributed by atoms with Crippen LogP contribution in [0.1, 0.15) is 33.4 Å². The van der Waals surface area contributed by atoms with Crippen LogP contribution in [0, 0.1) is 20.8 Å². The van der Waals surface area contributed by atoms with Gasteiger partial charge in [-0.25, -0.2) is 0 Å². The molecule has 4 rings (SSSR count). The van der Waals surface area contributed by atoms with E-state index in [0.29, 0.717) is 0 Å². The third-order valence-electron chi connectivity index (χ3n) is 6.26. The van der Waals surface area contributed by atoms with Crippen LogP contribution in [-0.4, -0.2) is 49.7 Å². The second-order valence-corrected chi connectivity index (χ2v) is 15.4. The molecular formula is C30H33ClN2Te. The summed E-state index contributed by atoms with van der Waals surface area (Å²) in [4.78, 5) is 4.26. The van der Waals surface area contributed by atoms with E-state index in [-0.39, 0.29) is 0 Å². The van der Waals surface area contributed by atoms with E-state index < -0.39 is 18.0 Å². The maximum atomic E-state index is 7.38. The number of hydrogen-bond donors (Lipinski definition) is 0. The fourth-order valence-electron chi connectivity index (χ4n) is 4.55. The molecule has 1 heterocycles. The van der Waals surface area contributed by atoms with Gasteiger partial charge in [0, 0.05) is 0 Å². The van der Waals surface area contributed by atoms with Crippen molar-refractivity contribution < 1.29 is 0 Å². The summed E-state index contributed by atoms with van der Waals surface area (Å²) in [7, 11) is 15.7. The molecular weight excluding hydrogens is 551 g/mol. The molecule has 0 N–H and O–H groups in total. The fourth-order valence-corrected chi connectivity index (χ4v) is 10.3. The number of allylic oxidation sites excluding steroid dienone is 3. The number of halogens is 1. The van der Waals surface area contributed by atoms with Crippen LogP contribution in [0.3, 0.4) is 0 Å². The molecule has 0 amide bonds. The van der Waals surface area contributed by atoms with Gasteiger partial charge in [0.1, 0.15) is 0 Å². The van der Waals surface area contributed by atoms with Gasteiger partial charge in [0.25, 0.3) is 0 Å². The van der Waals surface area contributed by atoms with Gasteiger partial charge in [-0.1, -0.05) is 0 Å². The van der Waals surface area contributed by atoms with Crippen molar-refractivity contribution in [3.05, 3.63) is 106 Å². The minimum absolute atomic E-state index is 1.20. The predicted octanol–water partition coefficient (Wildman–Crippen LogP) is 6.80. The summed E-state index contributed by atoms with van der Waals surface area (Å²) in [6, 6.07) is 22.2. The van der Waals surface area contributed by atoms with Crippen molar-refractivity contribution in [1.82, 2.24) is 0 Å². The summed E-state index contributed by atoms with van der Waals surface area (Å²) >= 11 is -2.29. The Hall–Kier alpha value is -2.31. The van der Waals surface area contributed by atoms with Crippen molar-refractivity contribution in [1.29, 1.82) is 0 Å². The quantitative estimate of drug-likeness (QED) is 0.305. The van der Waals surface area contributed by atoms with Crippen molar-refractivity contribution in [3.8, 4) is 0 Å². The van der Waals surface area contributed by atoms with Crippen molar-refractivity contribution in [3.63, 3.8) is 0 Å². The third kappa shape index (κ3) is 5.03. The Morgan fingerprint density at radius 3 is 1.59 bits per heavy atom. The number of rotatable bonds is 5. The van der Waals surface area contributed by atoms with E-state index in [1.807, 2.05) is 0 Å². The van der Waals surface area contributed by atoms with Gasteiger partial charge in [-0.3, -0.25) is 0 Å². The zero-order valence-corrected chi connectivity index (χ0v) is 24.2. The van der Waals surface area contributed by atoms with Crippen LogP contribution < -0.4 is 9.80 Å². The van der Waals surface area contributed by atoms with Crippen LogP contribution in [0.4, 0.5) is 11.4 Å². The molecule has 0 atom stereocenters. The number of nitrogens with zero attached hydrogens (tertiary/aromatic N) is 2. The average Bonchev–Trinajstić information content (AvgIpc) is 2.79. The molecule has 0 fully saturated rings. The molecule has 0 aromatic heterocycles. The van der Waals surface area contributed by atoms with Gasteiger partial charge in [-0.2, -0.15) is 0 Å². The Bertz CT molecular complexity index is 1290. The van der Waals surface area contributed by atoms with E-state index in [4.69, 9.17) is 8.96 Å². The molecule has 0 bridgehead atoms. The van der Waals surface area contributed by atoms with Crippen LogP contribution in [0.2, 0.25) is 0 Å². The number of benzene rings is 3. The van der Waals surface area contributed by atoms with E-state index in [1.165, 1.54) is 57.5 Å². The number of hydrogen-bond acceptors (Lipinski definition) is 2. The molecule has 3 aromatic rings. The summed E-state index contributed by atoms with van der Waals surface area (Å²) in [5, 5.41) is 0. The van der Waals surface area contributed by atoms with Crippen LogP contribution in [0.25, 0.3) is 9.19 Å². The number of aryl methyl sites for hydroxylation is 3. The van der Waals surface area contributed by atoms with Gasteiger partial charge in [0.15, 0.2) is 0 Å². The van der Waals surface area contributed by atoms with Crippen molar-refractivity contribution in [2.45, 2.75) is 20.8 Å². The molecule has 0 spiro atoms. The van der Waals surface area contributed by atoms with Crippen LogP contribution in [0.15, 0.2) is 72.8 Å². The van der Waals surface area contributed by atoms with E-state index in [1.54, 1.807) is 0 Å². The molecule has 0 aliphatic carbocycles. The van der Waals surface area contributed by atoms with E-state index in [9.17, 15) is 0 Å². The summed E-state index contributed by atoms with van der Waals surface area (Å²) < 4.78 is 2.61. The van der Waals surface area contributed by atoms with Gasteiger partial charge >= 0.3 is 216 Å². The Morgan fingerprint density at radius 1 is 0.647 bits per heavy atom. The minimum atomic E-state index is -2.29. The first-order chi connectivity index (χ1) is 16.2. The number of anilines is 2. The first-order valence-corrected chi connectivity index (χ1v) is 16.8. The van der Waals surface area contributed by atoms with Gasteiger partial charge in [-0.05, 0) is 0 Å². The molecule has 1 aliphatic heterocycles. The third-order valence-corrected chi connectivity index (χ3v) is 12.7. The van der Waals surface area contributed by atoms with Crippen LogP contribution in [-0.2, 0) is 0 Å². The summed E-state index contributed by atoms with van der Waals surface area (Å²) in [6.45, 7) is 6.60. The van der Waals surface area contributed by atoms with Gasteiger partial charge < -0.3 is 0 Å². The monoisotopic (exact) mass is 586 g/mol. The average molecular weight is 585 g/mol. The second kappa shape index (κ2) is 10.1. The Morgan fingerprint density at radius 2 is 1.12 bits per heavy atom. The standard InChI is InChI=1S/C30H33ClN2Te/c1-20-16-21(2)30(22(3)17-20)25-18-28(23-8-12-26(13-9-23)32(4)5)34(31)29(19-25)24-10-14-27(15-11-24)33(6)7/h8-19H,1-7H3. The fraction of sp³-hybridized carbons (Fsp3) is 0.233. The molecule has 3 aromatic carbocycles. The molecule has 176 valence electrons. The predicted molar refractivity (Wildman–Crippen MR) is 154 cm³/mol. The SMILES string of the molecule is Cc1cc(C)c(C2=CC(c3ccc(N(C)C)cc3)=[Te](Cl)C(c3ccc(N(C)C)cc3)=C2)c(C)c1. The topological polar surface area (TPSA) is 6.48 Å². The van der Waals surface area contributed by atoms with Crippen LogP contribution in [0.5, 0.6) is 0 Å². The van der Waals surface area contributed by atoms with E-state index in [2.05, 4.69) is 132 Å². The van der Waals surface area contributed by atoms with Crippen molar-refractivity contribution in [2.75, 3.05) is 38.0 Å². The molecule has 0 saturated heterocycles. The van der Waals surface area contributed by atoms with Gasteiger partial charge in [0.2, 0.25) is 0 Å². The summed E-state index contributed by atoms with van der Waals surface area (Å²) in [5.74, 6) is 0. The molecule has 2 nitrogen and oxygen atoms in total. The zero-order chi connectivity index (χ0) is 24.6.